The zero-order valence-corrected chi connectivity index (χ0v) is 14.5. The Labute approximate surface area is 134 Å². The third-order valence-electron chi connectivity index (χ3n) is 5.24. The first-order valence-corrected chi connectivity index (χ1v) is 8.17. The first-order valence-electron chi connectivity index (χ1n) is 8.17. The minimum Gasteiger partial charge on any atom is -0.487 e. The van der Waals surface area contributed by atoms with Crippen LogP contribution in [0.15, 0.2) is 36.4 Å². The number of fused-ring (bicyclic) bond motifs is 1. The SMILES string of the molecule is Cc1ccc(C2C(C)c3cccc(C)c3OC2(C)C)cc1C. The fourth-order valence-corrected chi connectivity index (χ4v) is 3.93. The molecule has 1 aliphatic rings. The highest BCUT2D eigenvalue weighted by molar-refractivity contribution is 5.48. The largest absolute Gasteiger partial charge is 0.487 e. The van der Waals surface area contributed by atoms with Crippen molar-refractivity contribution in [2.45, 2.75) is 59.0 Å². The van der Waals surface area contributed by atoms with Crippen molar-refractivity contribution in [3.8, 4) is 5.75 Å². The molecule has 2 aromatic rings. The summed E-state index contributed by atoms with van der Waals surface area (Å²) in [6, 6.07) is 13.3. The second-order valence-electron chi connectivity index (χ2n) is 7.31. The van der Waals surface area contributed by atoms with Gasteiger partial charge in [-0.1, -0.05) is 43.3 Å². The van der Waals surface area contributed by atoms with Gasteiger partial charge in [-0.3, -0.25) is 0 Å². The van der Waals surface area contributed by atoms with Crippen LogP contribution in [-0.4, -0.2) is 5.60 Å². The first-order chi connectivity index (χ1) is 10.3. The summed E-state index contributed by atoms with van der Waals surface area (Å²) in [6.45, 7) is 13.3. The number of para-hydroxylation sites is 1. The Kier molecular flexibility index (Phi) is 3.55. The minimum atomic E-state index is -0.208. The second-order valence-corrected chi connectivity index (χ2v) is 7.31. The summed E-state index contributed by atoms with van der Waals surface area (Å²) < 4.78 is 6.46. The summed E-state index contributed by atoms with van der Waals surface area (Å²) in [5.41, 5.74) is 6.45. The molecule has 1 heteroatoms. The van der Waals surface area contributed by atoms with Gasteiger partial charge in [-0.25, -0.2) is 0 Å². The molecule has 1 nitrogen and oxygen atoms in total. The molecule has 0 spiro atoms. The van der Waals surface area contributed by atoms with E-state index in [0.29, 0.717) is 11.8 Å². The van der Waals surface area contributed by atoms with Crippen molar-refractivity contribution in [3.63, 3.8) is 0 Å². The fraction of sp³-hybridized carbons (Fsp3) is 0.429. The molecule has 22 heavy (non-hydrogen) atoms. The normalized spacial score (nSPS) is 22.8. The van der Waals surface area contributed by atoms with Gasteiger partial charge in [0.2, 0.25) is 0 Å². The lowest BCUT2D eigenvalue weighted by Gasteiger charge is -2.45. The molecule has 116 valence electrons. The molecule has 0 saturated carbocycles. The Morgan fingerprint density at radius 2 is 1.64 bits per heavy atom. The maximum Gasteiger partial charge on any atom is 0.126 e. The van der Waals surface area contributed by atoms with E-state index in [0.717, 1.165) is 5.75 Å². The van der Waals surface area contributed by atoms with Gasteiger partial charge in [0, 0.05) is 5.92 Å². The summed E-state index contributed by atoms with van der Waals surface area (Å²) in [6.07, 6.45) is 0. The van der Waals surface area contributed by atoms with Gasteiger partial charge in [-0.15, -0.1) is 0 Å². The number of rotatable bonds is 1. The Morgan fingerprint density at radius 1 is 0.909 bits per heavy atom. The highest BCUT2D eigenvalue weighted by Crippen LogP contribution is 2.50. The van der Waals surface area contributed by atoms with Crippen molar-refractivity contribution >= 4 is 0 Å². The van der Waals surface area contributed by atoms with Gasteiger partial charge in [0.05, 0.1) is 0 Å². The van der Waals surface area contributed by atoms with Crippen molar-refractivity contribution in [1.82, 2.24) is 0 Å². The monoisotopic (exact) mass is 294 g/mol. The van der Waals surface area contributed by atoms with Crippen molar-refractivity contribution < 1.29 is 4.74 Å². The Balaban J connectivity index is 2.13. The van der Waals surface area contributed by atoms with Crippen LogP contribution in [0.4, 0.5) is 0 Å². The molecule has 0 amide bonds. The molecule has 0 radical (unpaired) electrons. The average molecular weight is 294 g/mol. The predicted molar refractivity (Wildman–Crippen MR) is 93.0 cm³/mol. The van der Waals surface area contributed by atoms with Gasteiger partial charge in [-0.05, 0) is 68.4 Å². The number of hydrogen-bond acceptors (Lipinski definition) is 1. The zero-order valence-electron chi connectivity index (χ0n) is 14.5. The fourth-order valence-electron chi connectivity index (χ4n) is 3.93. The summed E-state index contributed by atoms with van der Waals surface area (Å²) in [7, 11) is 0. The number of benzene rings is 2. The van der Waals surface area contributed by atoms with Crippen LogP contribution in [0.3, 0.4) is 0 Å². The van der Waals surface area contributed by atoms with E-state index in [1.54, 1.807) is 0 Å². The van der Waals surface area contributed by atoms with E-state index < -0.39 is 0 Å². The zero-order chi connectivity index (χ0) is 16.1. The van der Waals surface area contributed by atoms with E-state index in [1.165, 1.54) is 27.8 Å². The van der Waals surface area contributed by atoms with Crippen LogP contribution in [0.25, 0.3) is 0 Å². The van der Waals surface area contributed by atoms with E-state index >= 15 is 0 Å². The minimum absolute atomic E-state index is 0.208. The summed E-state index contributed by atoms with van der Waals surface area (Å²) in [4.78, 5) is 0. The van der Waals surface area contributed by atoms with Crippen LogP contribution in [0.1, 0.15) is 60.4 Å². The topological polar surface area (TPSA) is 9.23 Å². The smallest absolute Gasteiger partial charge is 0.126 e. The highest BCUT2D eigenvalue weighted by Gasteiger charge is 2.43. The first kappa shape index (κ1) is 15.1. The third kappa shape index (κ3) is 2.33. The number of aryl methyl sites for hydroxylation is 3. The molecule has 0 aromatic heterocycles. The van der Waals surface area contributed by atoms with Crippen LogP contribution in [0.5, 0.6) is 5.75 Å². The molecule has 2 atom stereocenters. The standard InChI is InChI=1S/C21H26O/c1-13-10-11-17(12-15(13)3)19-16(4)18-9-7-8-14(2)20(18)22-21(19,5)6/h7-12,16,19H,1-6H3. The predicted octanol–water partition coefficient (Wildman–Crippen LogP) is 5.67. The molecule has 0 aliphatic carbocycles. The Hall–Kier alpha value is -1.76. The van der Waals surface area contributed by atoms with Crippen LogP contribution < -0.4 is 4.74 Å². The van der Waals surface area contributed by atoms with Crippen molar-refractivity contribution in [2.24, 2.45) is 0 Å². The lowest BCUT2D eigenvalue weighted by Crippen LogP contribution is -2.42. The van der Waals surface area contributed by atoms with Gasteiger partial charge in [0.15, 0.2) is 0 Å². The van der Waals surface area contributed by atoms with Crippen molar-refractivity contribution in [3.05, 3.63) is 64.2 Å². The number of hydrogen-bond donors (Lipinski definition) is 0. The van der Waals surface area contributed by atoms with E-state index in [9.17, 15) is 0 Å². The quantitative estimate of drug-likeness (QED) is 0.658. The van der Waals surface area contributed by atoms with Crippen LogP contribution >= 0.6 is 0 Å². The van der Waals surface area contributed by atoms with E-state index in [-0.39, 0.29) is 5.60 Å². The number of ether oxygens (including phenoxy) is 1. The van der Waals surface area contributed by atoms with Gasteiger partial charge in [-0.2, -0.15) is 0 Å². The molecular weight excluding hydrogens is 268 g/mol. The molecule has 1 aliphatic heterocycles. The average Bonchev–Trinajstić information content (AvgIpc) is 2.43. The Bertz CT molecular complexity index is 712. The van der Waals surface area contributed by atoms with E-state index in [2.05, 4.69) is 77.9 Å². The maximum atomic E-state index is 6.46. The third-order valence-corrected chi connectivity index (χ3v) is 5.24. The molecule has 0 N–H and O–H groups in total. The van der Waals surface area contributed by atoms with Gasteiger partial charge in [0.25, 0.3) is 0 Å². The summed E-state index contributed by atoms with van der Waals surface area (Å²) >= 11 is 0. The van der Waals surface area contributed by atoms with E-state index in [1.807, 2.05) is 0 Å². The highest BCUT2D eigenvalue weighted by atomic mass is 16.5. The molecule has 1 heterocycles. The molecule has 0 fully saturated rings. The lowest BCUT2D eigenvalue weighted by atomic mass is 9.71. The molecule has 2 aromatic carbocycles. The lowest BCUT2D eigenvalue weighted by molar-refractivity contribution is 0.0490. The van der Waals surface area contributed by atoms with Gasteiger partial charge in [0.1, 0.15) is 11.4 Å². The van der Waals surface area contributed by atoms with Gasteiger partial charge < -0.3 is 4.74 Å². The molecule has 0 bridgehead atoms. The Morgan fingerprint density at radius 3 is 2.32 bits per heavy atom. The molecule has 3 rings (SSSR count). The van der Waals surface area contributed by atoms with Crippen LogP contribution in [-0.2, 0) is 0 Å². The molecule has 0 saturated heterocycles. The molecule has 2 unspecified atom stereocenters. The van der Waals surface area contributed by atoms with Crippen LogP contribution in [0, 0.1) is 20.8 Å². The second kappa shape index (κ2) is 5.15. The summed E-state index contributed by atoms with van der Waals surface area (Å²) in [5.74, 6) is 1.89. The van der Waals surface area contributed by atoms with E-state index in [4.69, 9.17) is 4.74 Å². The van der Waals surface area contributed by atoms with Crippen molar-refractivity contribution in [2.75, 3.05) is 0 Å². The van der Waals surface area contributed by atoms with Gasteiger partial charge >= 0.3 is 0 Å². The van der Waals surface area contributed by atoms with Crippen LogP contribution in [0.2, 0.25) is 0 Å². The molecular formula is C21H26O. The summed E-state index contributed by atoms with van der Waals surface area (Å²) in [5, 5.41) is 0. The van der Waals surface area contributed by atoms with Crippen molar-refractivity contribution in [1.29, 1.82) is 0 Å². The maximum absolute atomic E-state index is 6.46.